The molecule has 0 radical (unpaired) electrons. The summed E-state index contributed by atoms with van der Waals surface area (Å²) in [6.07, 6.45) is 6.14. The molecule has 0 bridgehead atoms. The molecule has 37 heavy (non-hydrogen) atoms. The van der Waals surface area contributed by atoms with Gasteiger partial charge in [-0.3, -0.25) is 24.2 Å². The molecule has 0 saturated carbocycles. The Morgan fingerprint density at radius 3 is 2.54 bits per heavy atom. The molecule has 9 nitrogen and oxygen atoms in total. The predicted octanol–water partition coefficient (Wildman–Crippen LogP) is 4.76. The van der Waals surface area contributed by atoms with Gasteiger partial charge in [-0.1, -0.05) is 24.3 Å². The number of carbonyl (C=O) groups excluding carboxylic acids is 2. The zero-order valence-corrected chi connectivity index (χ0v) is 21.6. The third-order valence-corrected chi connectivity index (χ3v) is 8.51. The fraction of sp³-hybridized carbons (Fsp3) is 0.296. The normalized spacial score (nSPS) is 16.3. The van der Waals surface area contributed by atoms with Crippen molar-refractivity contribution in [1.82, 2.24) is 15.1 Å². The van der Waals surface area contributed by atoms with Gasteiger partial charge in [-0.05, 0) is 49.6 Å². The average molecular weight is 522 g/mol. The maximum atomic E-state index is 13.0. The maximum absolute atomic E-state index is 13.0. The molecular weight excluding hydrogens is 493 g/mol. The summed E-state index contributed by atoms with van der Waals surface area (Å²) in [6, 6.07) is 13.2. The minimum absolute atomic E-state index is 0.236. The van der Waals surface area contributed by atoms with Gasteiger partial charge < -0.3 is 13.5 Å². The van der Waals surface area contributed by atoms with E-state index < -0.39 is 13.5 Å². The van der Waals surface area contributed by atoms with Crippen LogP contribution in [0.3, 0.4) is 0 Å². The van der Waals surface area contributed by atoms with Gasteiger partial charge in [0.15, 0.2) is 0 Å². The minimum atomic E-state index is -3.31. The van der Waals surface area contributed by atoms with Crippen LogP contribution in [-0.2, 0) is 29.7 Å². The number of nitrogens with zero attached hydrogens (tertiary/aromatic N) is 2. The first-order valence-corrected chi connectivity index (χ1v) is 13.8. The number of fused-ring (bicyclic) bond motifs is 1. The topological polar surface area (TPSA) is 113 Å². The number of amides is 2. The Morgan fingerprint density at radius 1 is 1.08 bits per heavy atom. The zero-order chi connectivity index (χ0) is 26.0. The Labute approximate surface area is 214 Å². The lowest BCUT2D eigenvalue weighted by atomic mass is 9.90. The summed E-state index contributed by atoms with van der Waals surface area (Å²) in [5.41, 5.74) is 4.33. The van der Waals surface area contributed by atoms with Crippen molar-refractivity contribution in [2.45, 2.75) is 39.2 Å². The molecule has 2 amide bonds. The second-order valence-corrected chi connectivity index (χ2v) is 10.9. The Hall–Kier alpha value is -3.52. The van der Waals surface area contributed by atoms with E-state index in [9.17, 15) is 14.2 Å². The number of benzene rings is 2. The quantitative estimate of drug-likeness (QED) is 0.250. The lowest BCUT2D eigenvalue weighted by Gasteiger charge is -2.19. The van der Waals surface area contributed by atoms with E-state index in [2.05, 4.69) is 10.4 Å². The summed E-state index contributed by atoms with van der Waals surface area (Å²) in [7, 11) is -3.31. The van der Waals surface area contributed by atoms with Crippen LogP contribution in [0, 0.1) is 0 Å². The molecule has 2 aromatic heterocycles. The fourth-order valence-corrected chi connectivity index (χ4v) is 6.15. The van der Waals surface area contributed by atoms with Crippen LogP contribution in [0.25, 0.3) is 22.1 Å². The second-order valence-electron chi connectivity index (χ2n) is 8.83. The largest absolute Gasteiger partial charge is 0.464 e. The first-order valence-electron chi connectivity index (χ1n) is 12.3. The number of nitrogens with one attached hydrogen (secondary N) is 1. The number of imide groups is 1. The van der Waals surface area contributed by atoms with E-state index in [-0.39, 0.29) is 11.8 Å². The molecule has 0 spiro atoms. The average Bonchev–Trinajstić information content (AvgIpc) is 3.52. The zero-order valence-electron chi connectivity index (χ0n) is 20.7. The van der Waals surface area contributed by atoms with Crippen LogP contribution in [0.4, 0.5) is 0 Å². The highest BCUT2D eigenvalue weighted by atomic mass is 31.2. The van der Waals surface area contributed by atoms with Crippen molar-refractivity contribution in [2.75, 3.05) is 13.2 Å². The Balaban J connectivity index is 1.31. The Morgan fingerprint density at radius 2 is 1.84 bits per heavy atom. The van der Waals surface area contributed by atoms with Gasteiger partial charge in [0.05, 0.1) is 43.4 Å². The number of hydrogen-bond acceptors (Lipinski definition) is 7. The van der Waals surface area contributed by atoms with Gasteiger partial charge in [-0.15, -0.1) is 0 Å². The molecule has 1 aliphatic rings. The lowest BCUT2D eigenvalue weighted by Crippen LogP contribution is -2.39. The monoisotopic (exact) mass is 521 g/mol. The molecule has 0 aliphatic carbocycles. The van der Waals surface area contributed by atoms with Crippen LogP contribution >= 0.6 is 7.60 Å². The van der Waals surface area contributed by atoms with Gasteiger partial charge in [-0.25, -0.2) is 0 Å². The molecule has 3 heterocycles. The summed E-state index contributed by atoms with van der Waals surface area (Å²) < 4.78 is 31.4. The molecule has 10 heteroatoms. The highest BCUT2D eigenvalue weighted by Crippen LogP contribution is 2.46. The first-order chi connectivity index (χ1) is 17.9. The van der Waals surface area contributed by atoms with Crippen LogP contribution in [0.2, 0.25) is 0 Å². The van der Waals surface area contributed by atoms with E-state index in [1.807, 2.05) is 41.2 Å². The van der Waals surface area contributed by atoms with Crippen molar-refractivity contribution < 1.29 is 27.6 Å². The Bertz CT molecular complexity index is 1480. The summed E-state index contributed by atoms with van der Waals surface area (Å²) in [4.78, 5) is 23.8. The third-order valence-electron chi connectivity index (χ3n) is 6.38. The van der Waals surface area contributed by atoms with Crippen molar-refractivity contribution in [3.8, 4) is 11.1 Å². The van der Waals surface area contributed by atoms with Crippen LogP contribution in [0.15, 0.2) is 65.5 Å². The standard InChI is InChI=1S/C27H28N3O6P/c1-3-35-37(33,36-4-2)21-8-5-18(6-9-21)15-30-16-20(14-28-30)19-7-10-22-24(17-34-25(22)13-19)23-11-12-26(31)29-27(23)32/h5-10,13-14,16-17,23H,3-4,11-12,15H2,1-2H3,(H,29,31,32). The van der Waals surface area contributed by atoms with E-state index in [0.29, 0.717) is 43.5 Å². The van der Waals surface area contributed by atoms with E-state index in [0.717, 1.165) is 27.6 Å². The van der Waals surface area contributed by atoms with E-state index in [4.69, 9.17) is 13.5 Å². The smallest absolute Gasteiger partial charge is 0.361 e. The number of piperidine rings is 1. The third kappa shape index (κ3) is 5.16. The van der Waals surface area contributed by atoms with Crippen LogP contribution in [-0.4, -0.2) is 34.8 Å². The fourth-order valence-electron chi connectivity index (χ4n) is 4.58. The highest BCUT2D eigenvalue weighted by molar-refractivity contribution is 7.62. The molecule has 1 unspecified atom stereocenters. The van der Waals surface area contributed by atoms with E-state index in [1.54, 1.807) is 38.4 Å². The van der Waals surface area contributed by atoms with Gasteiger partial charge >= 0.3 is 7.60 Å². The molecule has 4 aromatic rings. The lowest BCUT2D eigenvalue weighted by molar-refractivity contribution is -0.134. The number of rotatable bonds is 9. The minimum Gasteiger partial charge on any atom is -0.464 e. The van der Waals surface area contributed by atoms with Crippen molar-refractivity contribution >= 4 is 35.7 Å². The summed E-state index contributed by atoms with van der Waals surface area (Å²) in [5.74, 6) is -0.911. The summed E-state index contributed by atoms with van der Waals surface area (Å²) >= 11 is 0. The molecular formula is C27H28N3O6P. The molecule has 1 N–H and O–H groups in total. The molecule has 2 aromatic carbocycles. The van der Waals surface area contributed by atoms with Crippen molar-refractivity contribution in [1.29, 1.82) is 0 Å². The molecule has 5 rings (SSSR count). The number of aromatic nitrogens is 2. The predicted molar refractivity (Wildman–Crippen MR) is 139 cm³/mol. The Kier molecular flexibility index (Phi) is 7.11. The molecule has 1 atom stereocenters. The molecule has 192 valence electrons. The van der Waals surface area contributed by atoms with Gasteiger partial charge in [-0.2, -0.15) is 5.10 Å². The first kappa shape index (κ1) is 25.1. The van der Waals surface area contributed by atoms with E-state index in [1.165, 1.54) is 0 Å². The van der Waals surface area contributed by atoms with Crippen molar-refractivity contribution in [2.24, 2.45) is 0 Å². The van der Waals surface area contributed by atoms with Gasteiger partial charge in [0.1, 0.15) is 5.58 Å². The summed E-state index contributed by atoms with van der Waals surface area (Å²) in [5, 5.41) is 8.29. The van der Waals surface area contributed by atoms with Crippen LogP contribution < -0.4 is 10.6 Å². The van der Waals surface area contributed by atoms with Gasteiger partial charge in [0.25, 0.3) is 0 Å². The molecule has 1 fully saturated rings. The van der Waals surface area contributed by atoms with Crippen molar-refractivity contribution in [3.63, 3.8) is 0 Å². The van der Waals surface area contributed by atoms with Gasteiger partial charge in [0.2, 0.25) is 11.8 Å². The number of furan rings is 1. The van der Waals surface area contributed by atoms with Gasteiger partial charge in [0, 0.05) is 29.1 Å². The molecule has 1 saturated heterocycles. The van der Waals surface area contributed by atoms with E-state index >= 15 is 0 Å². The SMILES string of the molecule is CCOP(=O)(OCC)c1ccc(Cn2cc(-c3ccc4c(C5CCC(=O)NC5=O)coc4c3)cn2)cc1. The van der Waals surface area contributed by atoms with Crippen LogP contribution in [0.5, 0.6) is 0 Å². The summed E-state index contributed by atoms with van der Waals surface area (Å²) in [6.45, 7) is 4.72. The number of hydrogen-bond donors (Lipinski definition) is 1. The molecule has 1 aliphatic heterocycles. The maximum Gasteiger partial charge on any atom is 0.361 e. The second kappa shape index (κ2) is 10.5. The van der Waals surface area contributed by atoms with Crippen molar-refractivity contribution in [3.05, 3.63) is 72.2 Å². The number of carbonyl (C=O) groups is 2. The van der Waals surface area contributed by atoms with Crippen LogP contribution in [0.1, 0.15) is 43.7 Å². The highest BCUT2D eigenvalue weighted by Gasteiger charge is 2.30.